The van der Waals surface area contributed by atoms with Gasteiger partial charge in [-0.1, -0.05) is 69.6 Å². The first kappa shape index (κ1) is 27.3. The highest BCUT2D eigenvalue weighted by Gasteiger charge is 2.38. The van der Waals surface area contributed by atoms with E-state index in [1.807, 2.05) is 12.1 Å². The SMILES string of the molecule is CC(C)(C)[Si](C)(C)OCc1cc(-c2ccc(O)cc2)c(CO[Si](C)(C)C(C)(C)C)cc1Br. The normalized spacial score (nSPS) is 13.5. The Hall–Kier alpha value is -0.926. The average molecular weight is 538 g/mol. The van der Waals surface area contributed by atoms with Gasteiger partial charge in [0, 0.05) is 4.47 Å². The Morgan fingerprint density at radius 2 is 1.19 bits per heavy atom. The van der Waals surface area contributed by atoms with Crippen LogP contribution in [0.3, 0.4) is 0 Å². The monoisotopic (exact) mass is 536 g/mol. The molecule has 0 amide bonds. The van der Waals surface area contributed by atoms with Gasteiger partial charge in [0.15, 0.2) is 16.6 Å². The molecule has 0 heterocycles. The molecule has 0 saturated carbocycles. The maximum absolute atomic E-state index is 9.78. The summed E-state index contributed by atoms with van der Waals surface area (Å²) in [5.41, 5.74) is 4.47. The van der Waals surface area contributed by atoms with E-state index in [4.69, 9.17) is 8.85 Å². The predicted molar refractivity (Wildman–Crippen MR) is 145 cm³/mol. The number of phenols is 1. The van der Waals surface area contributed by atoms with E-state index in [0.717, 1.165) is 26.7 Å². The molecule has 0 fully saturated rings. The van der Waals surface area contributed by atoms with Gasteiger partial charge in [0.1, 0.15) is 5.75 Å². The molecule has 0 aliphatic carbocycles. The molecule has 2 aromatic carbocycles. The molecule has 2 rings (SSSR count). The van der Waals surface area contributed by atoms with Crippen molar-refractivity contribution >= 4 is 32.6 Å². The molecule has 178 valence electrons. The Morgan fingerprint density at radius 1 is 0.750 bits per heavy atom. The maximum Gasteiger partial charge on any atom is 0.192 e. The highest BCUT2D eigenvalue weighted by molar-refractivity contribution is 9.10. The number of hydrogen-bond acceptors (Lipinski definition) is 3. The van der Waals surface area contributed by atoms with Gasteiger partial charge in [-0.25, -0.2) is 0 Å². The fourth-order valence-electron chi connectivity index (χ4n) is 2.75. The number of aromatic hydroxyl groups is 1. The van der Waals surface area contributed by atoms with Crippen molar-refractivity contribution in [2.75, 3.05) is 0 Å². The Labute approximate surface area is 205 Å². The molecule has 0 bridgehead atoms. The quantitative estimate of drug-likeness (QED) is 0.359. The van der Waals surface area contributed by atoms with Crippen molar-refractivity contribution in [3.8, 4) is 16.9 Å². The van der Waals surface area contributed by atoms with E-state index in [1.54, 1.807) is 12.1 Å². The molecule has 2 aromatic rings. The number of halogens is 1. The lowest BCUT2D eigenvalue weighted by Gasteiger charge is -2.37. The zero-order valence-electron chi connectivity index (χ0n) is 21.5. The fraction of sp³-hybridized carbons (Fsp3) is 0.538. The summed E-state index contributed by atoms with van der Waals surface area (Å²) in [5, 5.41) is 10.1. The van der Waals surface area contributed by atoms with Gasteiger partial charge in [-0.3, -0.25) is 0 Å². The molecular formula is C26H41BrO3Si2. The summed E-state index contributed by atoms with van der Waals surface area (Å²) < 4.78 is 14.1. The van der Waals surface area contributed by atoms with Crippen LogP contribution in [0.15, 0.2) is 40.9 Å². The van der Waals surface area contributed by atoms with Gasteiger partial charge in [0.25, 0.3) is 0 Å². The Morgan fingerprint density at radius 3 is 1.62 bits per heavy atom. The van der Waals surface area contributed by atoms with Crippen LogP contribution >= 0.6 is 15.9 Å². The van der Waals surface area contributed by atoms with Crippen molar-refractivity contribution in [1.82, 2.24) is 0 Å². The second-order valence-electron chi connectivity index (χ2n) is 11.7. The lowest BCUT2D eigenvalue weighted by atomic mass is 9.97. The smallest absolute Gasteiger partial charge is 0.192 e. The first-order chi connectivity index (χ1) is 14.4. The van der Waals surface area contributed by atoms with Crippen molar-refractivity contribution in [1.29, 1.82) is 0 Å². The molecule has 0 spiro atoms. The summed E-state index contributed by atoms with van der Waals surface area (Å²) in [6, 6.07) is 11.8. The topological polar surface area (TPSA) is 38.7 Å². The minimum absolute atomic E-state index is 0.153. The van der Waals surface area contributed by atoms with Gasteiger partial charge < -0.3 is 14.0 Å². The van der Waals surface area contributed by atoms with Crippen LogP contribution in [0.4, 0.5) is 0 Å². The summed E-state index contributed by atoms with van der Waals surface area (Å²) in [4.78, 5) is 0. The van der Waals surface area contributed by atoms with Crippen molar-refractivity contribution in [3.05, 3.63) is 52.0 Å². The van der Waals surface area contributed by atoms with Crippen LogP contribution in [-0.4, -0.2) is 21.7 Å². The summed E-state index contributed by atoms with van der Waals surface area (Å²) in [7, 11) is -3.75. The molecule has 3 nitrogen and oxygen atoms in total. The fourth-order valence-corrected chi connectivity index (χ4v) is 5.15. The van der Waals surface area contributed by atoms with E-state index in [0.29, 0.717) is 13.2 Å². The Bertz CT molecular complexity index is 924. The number of benzene rings is 2. The minimum atomic E-state index is -1.89. The number of phenolic OH excluding ortho intramolecular Hbond substituents is 1. The molecule has 0 aliphatic heterocycles. The Balaban J connectivity index is 2.43. The van der Waals surface area contributed by atoms with Gasteiger partial charge in [0.2, 0.25) is 0 Å². The van der Waals surface area contributed by atoms with Gasteiger partial charge >= 0.3 is 0 Å². The van der Waals surface area contributed by atoms with Crippen LogP contribution in [0.2, 0.25) is 36.3 Å². The van der Waals surface area contributed by atoms with Crippen LogP contribution in [0.1, 0.15) is 52.7 Å². The van der Waals surface area contributed by atoms with E-state index >= 15 is 0 Å². The third-order valence-corrected chi connectivity index (χ3v) is 16.9. The number of hydrogen-bond donors (Lipinski definition) is 1. The lowest BCUT2D eigenvalue weighted by molar-refractivity contribution is 0.273. The van der Waals surface area contributed by atoms with E-state index in [1.165, 1.54) is 0 Å². The Kier molecular flexibility index (Phi) is 8.32. The lowest BCUT2D eigenvalue weighted by Crippen LogP contribution is -2.40. The zero-order valence-corrected chi connectivity index (χ0v) is 25.1. The van der Waals surface area contributed by atoms with Crippen LogP contribution in [0.25, 0.3) is 11.1 Å². The first-order valence-corrected chi connectivity index (χ1v) is 17.9. The summed E-state index contributed by atoms with van der Waals surface area (Å²) >= 11 is 3.79. The molecule has 0 saturated heterocycles. The minimum Gasteiger partial charge on any atom is -0.508 e. The average Bonchev–Trinajstić information content (AvgIpc) is 2.64. The third kappa shape index (κ3) is 6.57. The molecular weight excluding hydrogens is 496 g/mol. The van der Waals surface area contributed by atoms with Crippen molar-refractivity contribution in [3.63, 3.8) is 0 Å². The summed E-state index contributed by atoms with van der Waals surface area (Å²) in [6.45, 7) is 23.8. The van der Waals surface area contributed by atoms with Gasteiger partial charge in [-0.05, 0) is 82.8 Å². The van der Waals surface area contributed by atoms with Crippen LogP contribution in [0.5, 0.6) is 5.75 Å². The standard InChI is InChI=1S/C26H41BrO3Si2/c1-25(2,3)31(7,8)29-17-20-16-24(27)21(18-30-32(9,10)26(4,5)6)15-23(20)19-11-13-22(28)14-12-19/h11-16,28H,17-18H2,1-10H3. The first-order valence-electron chi connectivity index (χ1n) is 11.3. The van der Waals surface area contributed by atoms with Crippen LogP contribution in [-0.2, 0) is 22.1 Å². The van der Waals surface area contributed by atoms with E-state index in [2.05, 4.69) is 95.8 Å². The van der Waals surface area contributed by atoms with E-state index < -0.39 is 16.6 Å². The van der Waals surface area contributed by atoms with Gasteiger partial charge in [-0.2, -0.15) is 0 Å². The van der Waals surface area contributed by atoms with E-state index in [-0.39, 0.29) is 15.8 Å². The summed E-state index contributed by atoms with van der Waals surface area (Å²) in [5.74, 6) is 0.270. The maximum atomic E-state index is 9.78. The highest BCUT2D eigenvalue weighted by Crippen LogP contribution is 2.40. The predicted octanol–water partition coefficient (Wildman–Crippen LogP) is 8.87. The van der Waals surface area contributed by atoms with Gasteiger partial charge in [0.05, 0.1) is 13.2 Å². The second kappa shape index (κ2) is 9.75. The molecule has 0 unspecified atom stereocenters. The third-order valence-electron chi connectivity index (χ3n) is 7.24. The molecule has 0 radical (unpaired) electrons. The zero-order chi connectivity index (χ0) is 24.5. The molecule has 6 heteroatoms. The number of rotatable bonds is 7. The van der Waals surface area contributed by atoms with Crippen LogP contribution in [0, 0.1) is 0 Å². The summed E-state index contributed by atoms with van der Waals surface area (Å²) in [6.07, 6.45) is 0. The highest BCUT2D eigenvalue weighted by atomic mass is 79.9. The molecule has 0 aromatic heterocycles. The molecule has 0 atom stereocenters. The van der Waals surface area contributed by atoms with Crippen LogP contribution < -0.4 is 0 Å². The van der Waals surface area contributed by atoms with E-state index in [9.17, 15) is 5.11 Å². The molecule has 32 heavy (non-hydrogen) atoms. The molecule has 1 N–H and O–H groups in total. The largest absolute Gasteiger partial charge is 0.508 e. The van der Waals surface area contributed by atoms with Crippen molar-refractivity contribution in [2.24, 2.45) is 0 Å². The molecule has 0 aliphatic rings. The second-order valence-corrected chi connectivity index (χ2v) is 22.2. The van der Waals surface area contributed by atoms with Gasteiger partial charge in [-0.15, -0.1) is 0 Å². The van der Waals surface area contributed by atoms with Crippen molar-refractivity contribution < 1.29 is 14.0 Å². The van der Waals surface area contributed by atoms with Crippen molar-refractivity contribution in [2.45, 2.75) is 91.0 Å².